The highest BCUT2D eigenvalue weighted by molar-refractivity contribution is 7.92. The Balaban J connectivity index is 2.08. The van der Waals surface area contributed by atoms with Crippen molar-refractivity contribution in [2.75, 3.05) is 10.8 Å². The number of rotatable bonds is 1. The number of halogens is 1. The summed E-state index contributed by atoms with van der Waals surface area (Å²) < 4.78 is 40.3. The van der Waals surface area contributed by atoms with E-state index in [1.807, 2.05) is 0 Å². The van der Waals surface area contributed by atoms with Crippen molar-refractivity contribution in [3.05, 3.63) is 41.7 Å². The monoisotopic (exact) mass is 336 g/mol. The lowest BCUT2D eigenvalue weighted by Crippen LogP contribution is -2.30. The average Bonchev–Trinajstić information content (AvgIpc) is 3.06. The number of hydrogen-bond donors (Lipinski definition) is 3. The molecule has 1 saturated heterocycles. The van der Waals surface area contributed by atoms with Gasteiger partial charge in [-0.15, -0.1) is 0 Å². The number of amides is 1. The molecule has 3 rings (SSSR count). The van der Waals surface area contributed by atoms with Crippen LogP contribution in [0.1, 0.15) is 11.4 Å². The molecule has 8 nitrogen and oxygen atoms in total. The maximum absolute atomic E-state index is 14.5. The zero-order valence-corrected chi connectivity index (χ0v) is 12.2. The van der Waals surface area contributed by atoms with Crippen LogP contribution in [0.2, 0.25) is 0 Å². The van der Waals surface area contributed by atoms with Crippen LogP contribution in [-0.4, -0.2) is 35.9 Å². The molecule has 0 spiro atoms. The summed E-state index contributed by atoms with van der Waals surface area (Å²) in [5.74, 6) is 2.85. The van der Waals surface area contributed by atoms with Gasteiger partial charge in [0.15, 0.2) is 11.6 Å². The van der Waals surface area contributed by atoms with Gasteiger partial charge in [0.25, 0.3) is 5.91 Å². The number of nitrogens with one attached hydrogen (secondary N) is 2. The van der Waals surface area contributed by atoms with Crippen molar-refractivity contribution in [2.45, 2.75) is 0 Å². The Kier molecular flexibility index (Phi) is 3.42. The SMILES string of the molecule is O=C1CN(c2c(O)ccc(C#Cc3ncc[nH]3)c2F)S(=O)(=O)N1. The number of anilines is 1. The van der Waals surface area contributed by atoms with E-state index in [1.54, 1.807) is 4.72 Å². The summed E-state index contributed by atoms with van der Waals surface area (Å²) in [7, 11) is -4.24. The first-order chi connectivity index (χ1) is 10.9. The Morgan fingerprint density at radius 3 is 2.74 bits per heavy atom. The molecule has 1 aromatic heterocycles. The zero-order chi connectivity index (χ0) is 16.6. The third kappa shape index (κ3) is 2.69. The van der Waals surface area contributed by atoms with E-state index >= 15 is 0 Å². The lowest BCUT2D eigenvalue weighted by atomic mass is 10.1. The van der Waals surface area contributed by atoms with Crippen LogP contribution in [0.3, 0.4) is 0 Å². The van der Waals surface area contributed by atoms with E-state index in [0.717, 1.165) is 6.07 Å². The van der Waals surface area contributed by atoms with Gasteiger partial charge in [0.2, 0.25) is 0 Å². The number of nitrogens with zero attached hydrogens (tertiary/aromatic N) is 2. The lowest BCUT2D eigenvalue weighted by molar-refractivity contribution is -0.117. The smallest absolute Gasteiger partial charge is 0.326 e. The van der Waals surface area contributed by atoms with E-state index in [-0.39, 0.29) is 5.56 Å². The Bertz CT molecular complexity index is 944. The topological polar surface area (TPSA) is 115 Å². The first-order valence-corrected chi connectivity index (χ1v) is 7.68. The van der Waals surface area contributed by atoms with Crippen molar-refractivity contribution in [3.63, 3.8) is 0 Å². The van der Waals surface area contributed by atoms with E-state index in [1.165, 1.54) is 18.5 Å². The zero-order valence-electron chi connectivity index (χ0n) is 11.4. The van der Waals surface area contributed by atoms with Crippen LogP contribution < -0.4 is 9.03 Å². The molecule has 2 aromatic rings. The molecule has 1 amide bonds. The van der Waals surface area contributed by atoms with Crippen molar-refractivity contribution >= 4 is 21.8 Å². The van der Waals surface area contributed by atoms with Crippen molar-refractivity contribution < 1.29 is 22.7 Å². The molecule has 0 bridgehead atoms. The van der Waals surface area contributed by atoms with Crippen LogP contribution in [-0.2, 0) is 15.0 Å². The molecule has 0 unspecified atom stereocenters. The Hall–Kier alpha value is -3.06. The third-order valence-corrected chi connectivity index (χ3v) is 4.36. The molecular formula is C13H9FN4O4S. The van der Waals surface area contributed by atoms with Gasteiger partial charge in [-0.3, -0.25) is 4.79 Å². The minimum absolute atomic E-state index is 0.149. The molecule has 23 heavy (non-hydrogen) atoms. The molecule has 3 N–H and O–H groups in total. The standard InChI is InChI=1S/C13H9FN4O4S/c14-12-8(2-4-10-15-5-6-16-10)1-3-9(19)13(12)18-7-11(20)17-23(18,21)22/h1,3,5-6,19H,7H2,(H,15,16)(H,17,20). The number of imidazole rings is 1. The van der Waals surface area contributed by atoms with Gasteiger partial charge >= 0.3 is 10.2 Å². The number of phenols is 1. The van der Waals surface area contributed by atoms with Crippen LogP contribution in [0.4, 0.5) is 10.1 Å². The molecule has 1 aliphatic heterocycles. The summed E-state index contributed by atoms with van der Waals surface area (Å²) >= 11 is 0. The van der Waals surface area contributed by atoms with E-state index in [4.69, 9.17) is 0 Å². The quantitative estimate of drug-likeness (QED) is 0.626. The Morgan fingerprint density at radius 2 is 2.13 bits per heavy atom. The van der Waals surface area contributed by atoms with Gasteiger partial charge in [-0.2, -0.15) is 8.42 Å². The van der Waals surface area contributed by atoms with Crippen LogP contribution in [0.25, 0.3) is 0 Å². The predicted octanol–water partition coefficient (Wildman–Crippen LogP) is -0.165. The maximum Gasteiger partial charge on any atom is 0.326 e. The summed E-state index contributed by atoms with van der Waals surface area (Å²) in [6.07, 6.45) is 3.01. The highest BCUT2D eigenvalue weighted by atomic mass is 32.2. The van der Waals surface area contributed by atoms with Gasteiger partial charge < -0.3 is 10.1 Å². The van der Waals surface area contributed by atoms with Crippen molar-refractivity contribution in [1.29, 1.82) is 0 Å². The van der Waals surface area contributed by atoms with Crippen molar-refractivity contribution in [2.24, 2.45) is 0 Å². The average molecular weight is 336 g/mol. The van der Waals surface area contributed by atoms with Crippen LogP contribution >= 0.6 is 0 Å². The fourth-order valence-corrected chi connectivity index (χ4v) is 3.16. The first-order valence-electron chi connectivity index (χ1n) is 6.24. The molecule has 0 radical (unpaired) electrons. The lowest BCUT2D eigenvalue weighted by Gasteiger charge is -2.17. The summed E-state index contributed by atoms with van der Waals surface area (Å²) in [4.78, 5) is 17.8. The van der Waals surface area contributed by atoms with Gasteiger partial charge in [-0.05, 0) is 18.1 Å². The number of phenolic OH excluding ortho intramolecular Hbond substituents is 1. The largest absolute Gasteiger partial charge is 0.506 e. The number of aromatic hydroxyl groups is 1. The molecule has 1 aromatic carbocycles. The second kappa shape index (κ2) is 5.29. The summed E-state index contributed by atoms with van der Waals surface area (Å²) in [6.45, 7) is -0.623. The minimum atomic E-state index is -4.24. The van der Waals surface area contributed by atoms with Gasteiger partial charge in [0.05, 0.1) is 5.56 Å². The maximum atomic E-state index is 14.5. The Labute approximate surface area is 130 Å². The Morgan fingerprint density at radius 1 is 1.35 bits per heavy atom. The van der Waals surface area contributed by atoms with E-state index < -0.39 is 39.9 Å². The molecule has 0 atom stereocenters. The van der Waals surface area contributed by atoms with Crippen molar-refractivity contribution in [3.8, 4) is 17.6 Å². The molecule has 0 aliphatic carbocycles. The number of carbonyl (C=O) groups excluding carboxylic acids is 1. The van der Waals surface area contributed by atoms with Crippen molar-refractivity contribution in [1.82, 2.24) is 14.7 Å². The third-order valence-electron chi connectivity index (χ3n) is 2.98. The number of H-pyrrole nitrogens is 1. The number of hydrogen-bond acceptors (Lipinski definition) is 5. The normalized spacial score (nSPS) is 15.9. The molecule has 1 fully saturated rings. The highest BCUT2D eigenvalue weighted by Crippen LogP contribution is 2.34. The van der Waals surface area contributed by atoms with Gasteiger partial charge in [-0.25, -0.2) is 18.4 Å². The fourth-order valence-electron chi connectivity index (χ4n) is 1.99. The van der Waals surface area contributed by atoms with Crippen LogP contribution in [0.5, 0.6) is 5.75 Å². The minimum Gasteiger partial charge on any atom is -0.506 e. The summed E-state index contributed by atoms with van der Waals surface area (Å²) in [6, 6.07) is 2.30. The molecule has 118 valence electrons. The van der Waals surface area contributed by atoms with E-state index in [9.17, 15) is 22.7 Å². The number of carbonyl (C=O) groups is 1. The molecule has 10 heteroatoms. The molecule has 1 aliphatic rings. The number of benzene rings is 1. The second-order valence-electron chi connectivity index (χ2n) is 4.52. The second-order valence-corrected chi connectivity index (χ2v) is 6.11. The molecular weight excluding hydrogens is 327 g/mol. The molecule has 0 saturated carbocycles. The number of aromatic amines is 1. The predicted molar refractivity (Wildman–Crippen MR) is 77.0 cm³/mol. The van der Waals surface area contributed by atoms with E-state index in [2.05, 4.69) is 21.8 Å². The first kappa shape index (κ1) is 14.9. The van der Waals surface area contributed by atoms with Gasteiger partial charge in [0, 0.05) is 12.4 Å². The number of aromatic nitrogens is 2. The van der Waals surface area contributed by atoms with Crippen LogP contribution in [0, 0.1) is 17.7 Å². The van der Waals surface area contributed by atoms with Gasteiger partial charge in [-0.1, -0.05) is 5.92 Å². The van der Waals surface area contributed by atoms with Crippen LogP contribution in [0.15, 0.2) is 24.5 Å². The summed E-state index contributed by atoms with van der Waals surface area (Å²) in [5, 5.41) is 9.79. The van der Waals surface area contributed by atoms with E-state index in [0.29, 0.717) is 10.1 Å². The highest BCUT2D eigenvalue weighted by Gasteiger charge is 2.37. The summed E-state index contributed by atoms with van der Waals surface area (Å²) in [5.41, 5.74) is -0.779. The van der Waals surface area contributed by atoms with Gasteiger partial charge in [0.1, 0.15) is 18.0 Å². The molecule has 2 heterocycles. The fraction of sp³-hybridized carbons (Fsp3) is 0.0769.